The molecule has 0 aliphatic heterocycles. The van der Waals surface area contributed by atoms with Gasteiger partial charge in [-0.1, -0.05) is 6.07 Å². The number of aromatic nitrogens is 2. The fourth-order valence-electron chi connectivity index (χ4n) is 1.21. The van der Waals surface area contributed by atoms with Gasteiger partial charge in [0.15, 0.2) is 5.78 Å². The van der Waals surface area contributed by atoms with E-state index in [1.54, 1.807) is 23.0 Å². The lowest BCUT2D eigenvalue weighted by atomic mass is 10.2. The second kappa shape index (κ2) is 4.23. The fraction of sp³-hybridized carbons (Fsp3) is 0.0909. The van der Waals surface area contributed by atoms with Crippen molar-refractivity contribution in [3.05, 3.63) is 46.4 Å². The van der Waals surface area contributed by atoms with E-state index in [2.05, 4.69) is 5.10 Å². The third kappa shape index (κ3) is 2.22. The Morgan fingerprint density at radius 2 is 2.40 bits per heavy atom. The van der Waals surface area contributed by atoms with Crippen LogP contribution in [-0.2, 0) is 7.05 Å². The molecule has 0 unspecified atom stereocenters. The first-order chi connectivity index (χ1) is 7.27. The molecular weight excluding hydrogens is 208 g/mol. The smallest absolute Gasteiger partial charge is 0.195 e. The van der Waals surface area contributed by atoms with Crippen LogP contribution in [0.5, 0.6) is 0 Å². The van der Waals surface area contributed by atoms with Crippen molar-refractivity contribution >= 4 is 23.2 Å². The molecule has 2 rings (SSSR count). The number of aryl methyl sites for hydroxylation is 1. The molecule has 0 fully saturated rings. The Bertz CT molecular complexity index is 482. The zero-order valence-electron chi connectivity index (χ0n) is 8.25. The Balaban J connectivity index is 2.13. The lowest BCUT2D eigenvalue weighted by Gasteiger charge is -1.92. The van der Waals surface area contributed by atoms with E-state index >= 15 is 0 Å². The van der Waals surface area contributed by atoms with Crippen molar-refractivity contribution in [2.75, 3.05) is 0 Å². The van der Waals surface area contributed by atoms with E-state index < -0.39 is 0 Å². The van der Waals surface area contributed by atoms with E-state index in [4.69, 9.17) is 0 Å². The summed E-state index contributed by atoms with van der Waals surface area (Å²) in [5.74, 6) is 0.0335. The summed E-state index contributed by atoms with van der Waals surface area (Å²) in [7, 11) is 1.84. The summed E-state index contributed by atoms with van der Waals surface area (Å²) < 4.78 is 1.72. The minimum Gasteiger partial charge on any atom is -0.288 e. The molecule has 0 N–H and O–H groups in total. The Labute approximate surface area is 91.7 Å². The summed E-state index contributed by atoms with van der Waals surface area (Å²) in [5.41, 5.74) is 0.917. The minimum atomic E-state index is 0.0335. The molecule has 4 heteroatoms. The molecule has 0 amide bonds. The number of carbonyl (C=O) groups is 1. The number of hydrogen-bond acceptors (Lipinski definition) is 3. The SMILES string of the molecule is Cn1nccc1/C=C/C(=O)c1cccs1. The predicted octanol–water partition coefficient (Wildman–Crippen LogP) is 2.38. The third-order valence-electron chi connectivity index (χ3n) is 2.03. The average Bonchev–Trinajstić information content (AvgIpc) is 2.85. The van der Waals surface area contributed by atoms with Gasteiger partial charge in [0.2, 0.25) is 0 Å². The molecule has 76 valence electrons. The van der Waals surface area contributed by atoms with Crippen LogP contribution in [-0.4, -0.2) is 15.6 Å². The molecule has 2 heterocycles. The van der Waals surface area contributed by atoms with Crippen LogP contribution < -0.4 is 0 Å². The van der Waals surface area contributed by atoms with E-state index in [1.807, 2.05) is 30.6 Å². The molecular formula is C11H10N2OS. The first-order valence-corrected chi connectivity index (χ1v) is 5.39. The number of thiophene rings is 1. The molecule has 3 nitrogen and oxygen atoms in total. The van der Waals surface area contributed by atoms with Crippen LogP contribution in [0.2, 0.25) is 0 Å². The summed E-state index contributed by atoms with van der Waals surface area (Å²) in [6, 6.07) is 5.55. The van der Waals surface area contributed by atoms with Crippen LogP contribution in [0, 0.1) is 0 Å². The third-order valence-corrected chi connectivity index (χ3v) is 2.91. The van der Waals surface area contributed by atoms with Crippen LogP contribution in [0.25, 0.3) is 6.08 Å². The summed E-state index contributed by atoms with van der Waals surface area (Å²) in [6.45, 7) is 0. The van der Waals surface area contributed by atoms with Gasteiger partial charge < -0.3 is 0 Å². The molecule has 0 saturated heterocycles. The lowest BCUT2D eigenvalue weighted by molar-refractivity contribution is 0.105. The molecule has 0 bridgehead atoms. The van der Waals surface area contributed by atoms with Gasteiger partial charge in [-0.2, -0.15) is 5.10 Å². The standard InChI is InChI=1S/C11H10N2OS/c1-13-9(6-7-12-13)4-5-10(14)11-3-2-8-15-11/h2-8H,1H3/b5-4+. The molecule has 2 aromatic rings. The van der Waals surface area contributed by atoms with E-state index in [0.29, 0.717) is 0 Å². The van der Waals surface area contributed by atoms with Gasteiger partial charge in [-0.15, -0.1) is 11.3 Å². The quantitative estimate of drug-likeness (QED) is 0.585. The van der Waals surface area contributed by atoms with Crippen molar-refractivity contribution in [3.8, 4) is 0 Å². The number of ketones is 1. The first-order valence-electron chi connectivity index (χ1n) is 4.51. The Morgan fingerprint density at radius 1 is 1.53 bits per heavy atom. The fourth-order valence-corrected chi connectivity index (χ4v) is 1.85. The van der Waals surface area contributed by atoms with Gasteiger partial charge in [0, 0.05) is 13.2 Å². The van der Waals surface area contributed by atoms with Crippen molar-refractivity contribution < 1.29 is 4.79 Å². The molecule has 0 aromatic carbocycles. The number of carbonyl (C=O) groups excluding carboxylic acids is 1. The second-order valence-corrected chi connectivity index (χ2v) is 4.00. The maximum absolute atomic E-state index is 11.6. The second-order valence-electron chi connectivity index (χ2n) is 3.05. The van der Waals surface area contributed by atoms with E-state index in [9.17, 15) is 4.79 Å². The Morgan fingerprint density at radius 3 is 3.00 bits per heavy atom. The number of rotatable bonds is 3. The highest BCUT2D eigenvalue weighted by Crippen LogP contribution is 2.10. The highest BCUT2D eigenvalue weighted by molar-refractivity contribution is 7.12. The van der Waals surface area contributed by atoms with Crippen LogP contribution in [0.4, 0.5) is 0 Å². The molecule has 0 saturated carbocycles. The molecule has 2 aromatic heterocycles. The molecule has 0 aliphatic carbocycles. The summed E-state index contributed by atoms with van der Waals surface area (Å²) in [6.07, 6.45) is 5.05. The van der Waals surface area contributed by atoms with Gasteiger partial charge in [0.25, 0.3) is 0 Å². The largest absolute Gasteiger partial charge is 0.288 e. The normalized spacial score (nSPS) is 11.0. The number of hydrogen-bond donors (Lipinski definition) is 0. The van der Waals surface area contributed by atoms with Gasteiger partial charge in [-0.25, -0.2) is 0 Å². The topological polar surface area (TPSA) is 34.9 Å². The maximum Gasteiger partial charge on any atom is 0.195 e. The van der Waals surface area contributed by atoms with Crippen molar-refractivity contribution in [2.45, 2.75) is 0 Å². The Kier molecular flexibility index (Phi) is 2.78. The van der Waals surface area contributed by atoms with Crippen LogP contribution in [0.3, 0.4) is 0 Å². The highest BCUT2D eigenvalue weighted by atomic mass is 32.1. The average molecular weight is 218 g/mol. The molecule has 0 atom stereocenters. The molecule has 15 heavy (non-hydrogen) atoms. The van der Waals surface area contributed by atoms with Crippen LogP contribution >= 0.6 is 11.3 Å². The summed E-state index contributed by atoms with van der Waals surface area (Å²) in [4.78, 5) is 12.4. The molecule has 0 aliphatic rings. The zero-order chi connectivity index (χ0) is 10.7. The minimum absolute atomic E-state index is 0.0335. The van der Waals surface area contributed by atoms with Gasteiger partial charge in [0.05, 0.1) is 10.6 Å². The zero-order valence-corrected chi connectivity index (χ0v) is 9.07. The Hall–Kier alpha value is -1.68. The van der Waals surface area contributed by atoms with Gasteiger partial charge in [-0.3, -0.25) is 9.48 Å². The van der Waals surface area contributed by atoms with E-state index in [1.165, 1.54) is 11.3 Å². The van der Waals surface area contributed by atoms with Gasteiger partial charge in [0.1, 0.15) is 0 Å². The van der Waals surface area contributed by atoms with E-state index in [-0.39, 0.29) is 5.78 Å². The van der Waals surface area contributed by atoms with Crippen molar-refractivity contribution in [1.82, 2.24) is 9.78 Å². The van der Waals surface area contributed by atoms with Gasteiger partial charge >= 0.3 is 0 Å². The van der Waals surface area contributed by atoms with Crippen molar-refractivity contribution in [1.29, 1.82) is 0 Å². The monoisotopic (exact) mass is 218 g/mol. The van der Waals surface area contributed by atoms with Crippen LogP contribution in [0.1, 0.15) is 15.4 Å². The summed E-state index contributed by atoms with van der Waals surface area (Å²) in [5, 5.41) is 5.91. The lowest BCUT2D eigenvalue weighted by Crippen LogP contribution is -1.94. The van der Waals surface area contributed by atoms with Crippen LogP contribution in [0.15, 0.2) is 35.9 Å². The maximum atomic E-state index is 11.6. The summed E-state index contributed by atoms with van der Waals surface area (Å²) >= 11 is 1.45. The predicted molar refractivity (Wildman–Crippen MR) is 60.9 cm³/mol. The van der Waals surface area contributed by atoms with E-state index in [0.717, 1.165) is 10.6 Å². The van der Waals surface area contributed by atoms with Gasteiger partial charge in [-0.05, 0) is 29.7 Å². The first kappa shape index (κ1) is 9.86. The van der Waals surface area contributed by atoms with Crippen molar-refractivity contribution in [2.24, 2.45) is 7.05 Å². The highest BCUT2D eigenvalue weighted by Gasteiger charge is 2.01. The van der Waals surface area contributed by atoms with Crippen molar-refractivity contribution in [3.63, 3.8) is 0 Å². The number of allylic oxidation sites excluding steroid dienone is 1. The molecule has 0 spiro atoms. The molecule has 0 radical (unpaired) electrons. The number of nitrogens with zero attached hydrogens (tertiary/aromatic N) is 2.